The smallest absolute Gasteiger partial charge is 0.206 e. The number of rotatable bonds is 4. The van der Waals surface area contributed by atoms with E-state index in [-0.39, 0.29) is 11.5 Å². The molecular formula is C17H16O4S. The van der Waals surface area contributed by atoms with E-state index in [0.717, 1.165) is 11.1 Å². The van der Waals surface area contributed by atoms with Crippen LogP contribution in [0.15, 0.2) is 52.3 Å². The topological polar surface area (TPSA) is 52.6 Å². The fourth-order valence-electron chi connectivity index (χ4n) is 2.42. The van der Waals surface area contributed by atoms with Crippen LogP contribution in [0.3, 0.4) is 0 Å². The van der Waals surface area contributed by atoms with Crippen molar-refractivity contribution in [3.8, 4) is 11.5 Å². The van der Waals surface area contributed by atoms with E-state index in [1.165, 1.54) is 0 Å². The van der Waals surface area contributed by atoms with Crippen molar-refractivity contribution >= 4 is 15.9 Å². The normalized spacial score (nSPS) is 15.1. The number of fused-ring (bicyclic) bond motifs is 1. The molecule has 0 saturated heterocycles. The first-order chi connectivity index (χ1) is 10.5. The van der Waals surface area contributed by atoms with Crippen LogP contribution in [0.4, 0.5) is 0 Å². The quantitative estimate of drug-likeness (QED) is 0.869. The van der Waals surface area contributed by atoms with Gasteiger partial charge in [0.1, 0.15) is 18.1 Å². The molecule has 0 aromatic heterocycles. The van der Waals surface area contributed by atoms with Gasteiger partial charge >= 0.3 is 0 Å². The molecule has 114 valence electrons. The van der Waals surface area contributed by atoms with Crippen LogP contribution in [0.1, 0.15) is 11.1 Å². The number of methoxy groups -OCH3 is 1. The summed E-state index contributed by atoms with van der Waals surface area (Å²) in [6, 6.07) is 12.4. The average Bonchev–Trinajstić information content (AvgIpc) is 2.78. The first-order valence-corrected chi connectivity index (χ1v) is 8.33. The number of sulfone groups is 1. The number of hydrogen-bond acceptors (Lipinski definition) is 4. The molecule has 5 heteroatoms. The largest absolute Gasteiger partial charge is 0.497 e. The summed E-state index contributed by atoms with van der Waals surface area (Å²) in [6.45, 7) is 1.90. The van der Waals surface area contributed by atoms with Crippen molar-refractivity contribution in [2.45, 2.75) is 11.8 Å². The van der Waals surface area contributed by atoms with Crippen molar-refractivity contribution in [2.75, 3.05) is 13.7 Å². The first kappa shape index (κ1) is 14.7. The second-order valence-corrected chi connectivity index (χ2v) is 7.04. The summed E-state index contributed by atoms with van der Waals surface area (Å²) in [6.07, 6.45) is 1.69. The van der Waals surface area contributed by atoms with Crippen molar-refractivity contribution in [1.29, 1.82) is 0 Å². The van der Waals surface area contributed by atoms with Gasteiger partial charge < -0.3 is 9.47 Å². The molecule has 0 amide bonds. The molecule has 0 unspecified atom stereocenters. The molecule has 0 bridgehead atoms. The number of hydrogen-bond donors (Lipinski definition) is 0. The van der Waals surface area contributed by atoms with Crippen molar-refractivity contribution in [3.63, 3.8) is 0 Å². The summed E-state index contributed by atoms with van der Waals surface area (Å²) in [5.74, 6) is 1.24. The predicted molar refractivity (Wildman–Crippen MR) is 84.8 cm³/mol. The van der Waals surface area contributed by atoms with Crippen LogP contribution in [-0.4, -0.2) is 22.1 Å². The van der Waals surface area contributed by atoms with Crippen LogP contribution in [0, 0.1) is 6.92 Å². The Morgan fingerprint density at radius 1 is 1.05 bits per heavy atom. The molecule has 0 N–H and O–H groups in total. The van der Waals surface area contributed by atoms with Crippen LogP contribution in [0.2, 0.25) is 0 Å². The predicted octanol–water partition coefficient (Wildman–Crippen LogP) is 3.21. The van der Waals surface area contributed by atoms with Crippen molar-refractivity contribution in [3.05, 3.63) is 58.5 Å². The van der Waals surface area contributed by atoms with E-state index < -0.39 is 9.84 Å². The van der Waals surface area contributed by atoms with Gasteiger partial charge in [0.05, 0.1) is 16.9 Å². The number of ether oxygens (including phenoxy) is 2. The van der Waals surface area contributed by atoms with E-state index in [2.05, 4.69) is 0 Å². The van der Waals surface area contributed by atoms with Crippen LogP contribution >= 0.6 is 0 Å². The zero-order valence-electron chi connectivity index (χ0n) is 12.4. The second-order valence-electron chi connectivity index (χ2n) is 5.07. The molecule has 2 aromatic rings. The van der Waals surface area contributed by atoms with Gasteiger partial charge in [-0.05, 0) is 42.3 Å². The highest BCUT2D eigenvalue weighted by Gasteiger charge is 2.30. The van der Waals surface area contributed by atoms with Gasteiger partial charge in [0, 0.05) is 6.07 Å². The fourth-order valence-corrected chi connectivity index (χ4v) is 3.95. The molecule has 22 heavy (non-hydrogen) atoms. The number of benzene rings is 2. The Hall–Kier alpha value is -2.27. The van der Waals surface area contributed by atoms with Gasteiger partial charge in [-0.25, -0.2) is 8.42 Å². The zero-order chi connectivity index (χ0) is 15.7. The third kappa shape index (κ3) is 2.48. The number of aryl methyl sites for hydroxylation is 1. The van der Waals surface area contributed by atoms with E-state index in [9.17, 15) is 8.42 Å². The molecule has 4 nitrogen and oxygen atoms in total. The summed E-state index contributed by atoms with van der Waals surface area (Å²) in [4.78, 5) is 0.636. The SMILES string of the molecule is COc1cccc(OCC2=Cc3c(C)cccc3S2(=O)=O)c1. The highest BCUT2D eigenvalue weighted by atomic mass is 32.2. The summed E-state index contributed by atoms with van der Waals surface area (Å²) < 4.78 is 35.7. The maximum absolute atomic E-state index is 12.5. The summed E-state index contributed by atoms with van der Waals surface area (Å²) in [5, 5.41) is 0. The van der Waals surface area contributed by atoms with E-state index in [1.807, 2.05) is 13.0 Å². The molecule has 3 rings (SSSR count). The third-order valence-electron chi connectivity index (χ3n) is 3.65. The minimum atomic E-state index is -3.45. The van der Waals surface area contributed by atoms with Crippen LogP contribution in [-0.2, 0) is 9.84 Å². The van der Waals surface area contributed by atoms with E-state index in [1.54, 1.807) is 49.6 Å². The van der Waals surface area contributed by atoms with Gasteiger partial charge in [-0.1, -0.05) is 18.2 Å². The average molecular weight is 316 g/mol. The molecule has 0 aliphatic carbocycles. The Morgan fingerprint density at radius 3 is 2.50 bits per heavy atom. The van der Waals surface area contributed by atoms with Crippen molar-refractivity contribution < 1.29 is 17.9 Å². The maximum atomic E-state index is 12.5. The lowest BCUT2D eigenvalue weighted by molar-refractivity contribution is 0.353. The Morgan fingerprint density at radius 2 is 1.77 bits per heavy atom. The Bertz CT molecular complexity index is 851. The van der Waals surface area contributed by atoms with E-state index >= 15 is 0 Å². The van der Waals surface area contributed by atoms with Gasteiger partial charge in [-0.3, -0.25) is 0 Å². The lowest BCUT2D eigenvalue weighted by Crippen LogP contribution is -2.09. The Kier molecular flexibility index (Phi) is 3.66. The molecule has 0 radical (unpaired) electrons. The molecule has 2 aromatic carbocycles. The van der Waals surface area contributed by atoms with Gasteiger partial charge in [-0.2, -0.15) is 0 Å². The third-order valence-corrected chi connectivity index (χ3v) is 5.51. The highest BCUT2D eigenvalue weighted by Crippen LogP contribution is 2.35. The van der Waals surface area contributed by atoms with Gasteiger partial charge in [0.15, 0.2) is 0 Å². The molecule has 0 spiro atoms. The van der Waals surface area contributed by atoms with Crippen LogP contribution in [0.5, 0.6) is 11.5 Å². The monoisotopic (exact) mass is 316 g/mol. The first-order valence-electron chi connectivity index (χ1n) is 6.84. The van der Waals surface area contributed by atoms with Crippen LogP contribution < -0.4 is 9.47 Å². The van der Waals surface area contributed by atoms with Crippen LogP contribution in [0.25, 0.3) is 6.08 Å². The van der Waals surface area contributed by atoms with Gasteiger partial charge in [-0.15, -0.1) is 0 Å². The zero-order valence-corrected chi connectivity index (χ0v) is 13.2. The minimum Gasteiger partial charge on any atom is -0.497 e. The fraction of sp³-hybridized carbons (Fsp3) is 0.176. The molecule has 0 atom stereocenters. The van der Waals surface area contributed by atoms with Gasteiger partial charge in [0.25, 0.3) is 0 Å². The molecule has 1 heterocycles. The van der Waals surface area contributed by atoms with Gasteiger partial charge in [0.2, 0.25) is 9.84 Å². The molecule has 0 saturated carbocycles. The lowest BCUT2D eigenvalue weighted by Gasteiger charge is -2.08. The van der Waals surface area contributed by atoms with Crippen molar-refractivity contribution in [1.82, 2.24) is 0 Å². The Balaban J connectivity index is 1.85. The van der Waals surface area contributed by atoms with E-state index in [0.29, 0.717) is 16.4 Å². The molecular weight excluding hydrogens is 300 g/mol. The maximum Gasteiger partial charge on any atom is 0.206 e. The minimum absolute atomic E-state index is 0.00359. The summed E-state index contributed by atoms with van der Waals surface area (Å²) >= 11 is 0. The van der Waals surface area contributed by atoms with E-state index in [4.69, 9.17) is 9.47 Å². The molecule has 0 fully saturated rings. The molecule has 1 aliphatic rings. The lowest BCUT2D eigenvalue weighted by atomic mass is 10.1. The summed E-state index contributed by atoms with van der Waals surface area (Å²) in [5.41, 5.74) is 1.70. The molecule has 1 aliphatic heterocycles. The second kappa shape index (κ2) is 5.50. The standard InChI is InChI=1S/C17H16O4S/c1-12-5-3-8-17-16(12)10-15(22(17,18)19)11-21-14-7-4-6-13(9-14)20-2/h3-10H,11H2,1-2H3. The summed E-state index contributed by atoms with van der Waals surface area (Å²) in [7, 11) is -1.88. The highest BCUT2D eigenvalue weighted by molar-refractivity contribution is 7.95. The Labute approximate surface area is 129 Å². The van der Waals surface area contributed by atoms with Crippen molar-refractivity contribution in [2.24, 2.45) is 0 Å².